The van der Waals surface area contributed by atoms with E-state index in [1.54, 1.807) is 12.4 Å². The quantitative estimate of drug-likeness (QED) is 0.245. The number of nitrogens with one attached hydrogen (secondary N) is 1. The van der Waals surface area contributed by atoms with Crippen molar-refractivity contribution in [3.8, 4) is 0 Å². The first-order valence-electron chi connectivity index (χ1n) is 3.08. The van der Waals surface area contributed by atoms with Gasteiger partial charge >= 0.3 is 5.97 Å². The minimum Gasteiger partial charge on any atom is -0.480 e. The molecule has 1 unspecified atom stereocenters. The summed E-state index contributed by atoms with van der Waals surface area (Å²) < 4.78 is 0. The van der Waals surface area contributed by atoms with Gasteiger partial charge in [0.25, 0.3) is 0 Å². The first kappa shape index (κ1) is 9.70. The Morgan fingerprint density at radius 3 is 2.64 bits per heavy atom. The topological polar surface area (TPSA) is 108 Å². The van der Waals surface area contributed by atoms with Crippen molar-refractivity contribution in [3.05, 3.63) is 0 Å². The molecule has 11 heavy (non-hydrogen) atoms. The van der Waals surface area contributed by atoms with Gasteiger partial charge in [-0.3, -0.25) is 5.21 Å². The van der Waals surface area contributed by atoms with E-state index in [0.29, 0.717) is 6.42 Å². The van der Waals surface area contributed by atoms with Crippen LogP contribution in [0.2, 0.25) is 0 Å². The number of hydrogen-bond donors (Lipinski definition) is 4. The molecular formula is C5H11N3O3. The number of carboxylic acid groups (broad SMARTS) is 1. The molecule has 0 saturated heterocycles. The number of rotatable bonds is 3. The number of carboxylic acids is 1. The van der Waals surface area contributed by atoms with Gasteiger partial charge in [-0.2, -0.15) is 0 Å². The third-order valence-corrected chi connectivity index (χ3v) is 1.08. The summed E-state index contributed by atoms with van der Waals surface area (Å²) in [5.41, 5.74) is 6.56. The van der Waals surface area contributed by atoms with Crippen molar-refractivity contribution in [1.29, 1.82) is 0 Å². The summed E-state index contributed by atoms with van der Waals surface area (Å²) in [6.45, 7) is 1.66. The SMILES string of the molecule is CCC(N=C(N)NO)C(=O)O. The van der Waals surface area contributed by atoms with Crippen LogP contribution >= 0.6 is 0 Å². The second-order valence-electron chi connectivity index (χ2n) is 1.89. The Kier molecular flexibility index (Phi) is 3.97. The van der Waals surface area contributed by atoms with Crippen molar-refractivity contribution < 1.29 is 15.1 Å². The molecule has 0 saturated carbocycles. The summed E-state index contributed by atoms with van der Waals surface area (Å²) in [6.07, 6.45) is 0.331. The maximum absolute atomic E-state index is 10.3. The summed E-state index contributed by atoms with van der Waals surface area (Å²) in [5, 5.41) is 16.6. The molecule has 0 heterocycles. The van der Waals surface area contributed by atoms with Crippen molar-refractivity contribution in [3.63, 3.8) is 0 Å². The lowest BCUT2D eigenvalue weighted by molar-refractivity contribution is -0.138. The highest BCUT2D eigenvalue weighted by Crippen LogP contribution is 1.95. The first-order chi connectivity index (χ1) is 5.11. The highest BCUT2D eigenvalue weighted by molar-refractivity contribution is 5.81. The van der Waals surface area contributed by atoms with Gasteiger partial charge in [0.1, 0.15) is 0 Å². The molecule has 0 aromatic heterocycles. The molecule has 0 rings (SSSR count). The van der Waals surface area contributed by atoms with Gasteiger partial charge in [-0.05, 0) is 6.42 Å². The second-order valence-corrected chi connectivity index (χ2v) is 1.89. The zero-order valence-electron chi connectivity index (χ0n) is 6.11. The van der Waals surface area contributed by atoms with Gasteiger partial charge in [-0.15, -0.1) is 0 Å². The number of hydroxylamine groups is 1. The summed E-state index contributed by atoms with van der Waals surface area (Å²) >= 11 is 0. The van der Waals surface area contributed by atoms with Crippen molar-refractivity contribution in [2.45, 2.75) is 19.4 Å². The number of carbonyl (C=O) groups is 1. The van der Waals surface area contributed by atoms with Crippen LogP contribution in [-0.2, 0) is 4.79 Å². The monoisotopic (exact) mass is 161 g/mol. The standard InChI is InChI=1S/C5H11N3O3/c1-2-3(4(9)10)7-5(6)8-11/h3,11H,2H2,1H3,(H,9,10)(H3,6,7,8). The third kappa shape index (κ3) is 3.41. The summed E-state index contributed by atoms with van der Waals surface area (Å²) in [4.78, 5) is 13.8. The molecule has 0 spiro atoms. The highest BCUT2D eigenvalue weighted by atomic mass is 16.5. The number of nitrogens with zero attached hydrogens (tertiary/aromatic N) is 1. The molecule has 6 heteroatoms. The highest BCUT2D eigenvalue weighted by Gasteiger charge is 2.12. The molecule has 0 aliphatic rings. The van der Waals surface area contributed by atoms with Gasteiger partial charge in [0, 0.05) is 0 Å². The van der Waals surface area contributed by atoms with Gasteiger partial charge in [0.15, 0.2) is 6.04 Å². The fourth-order valence-corrected chi connectivity index (χ4v) is 0.518. The summed E-state index contributed by atoms with van der Waals surface area (Å²) in [7, 11) is 0. The van der Waals surface area contributed by atoms with Crippen LogP contribution in [0.1, 0.15) is 13.3 Å². The number of aliphatic carboxylic acids is 1. The maximum Gasteiger partial charge on any atom is 0.328 e. The Balaban J connectivity index is 4.17. The lowest BCUT2D eigenvalue weighted by Crippen LogP contribution is -2.32. The Morgan fingerprint density at radius 2 is 2.36 bits per heavy atom. The molecule has 0 aromatic carbocycles. The van der Waals surface area contributed by atoms with Crippen LogP contribution in [0, 0.1) is 0 Å². The van der Waals surface area contributed by atoms with Crippen LogP contribution in [0.25, 0.3) is 0 Å². The minimum atomic E-state index is -1.06. The Hall–Kier alpha value is -1.30. The lowest BCUT2D eigenvalue weighted by atomic mass is 10.2. The van der Waals surface area contributed by atoms with Crippen LogP contribution in [0.15, 0.2) is 4.99 Å². The van der Waals surface area contributed by atoms with Crippen molar-refractivity contribution in [1.82, 2.24) is 5.48 Å². The third-order valence-electron chi connectivity index (χ3n) is 1.08. The van der Waals surface area contributed by atoms with E-state index in [2.05, 4.69) is 4.99 Å². The number of nitrogens with two attached hydrogens (primary N) is 1. The maximum atomic E-state index is 10.3. The molecule has 1 atom stereocenters. The van der Waals surface area contributed by atoms with Crippen LogP contribution in [0.4, 0.5) is 0 Å². The van der Waals surface area contributed by atoms with Crippen LogP contribution in [-0.4, -0.2) is 28.3 Å². The van der Waals surface area contributed by atoms with Crippen LogP contribution < -0.4 is 11.2 Å². The lowest BCUT2D eigenvalue weighted by Gasteiger charge is -2.04. The van der Waals surface area contributed by atoms with E-state index in [1.165, 1.54) is 0 Å². The first-order valence-corrected chi connectivity index (χ1v) is 3.08. The Bertz CT molecular complexity index is 168. The van der Waals surface area contributed by atoms with Gasteiger partial charge in [-0.1, -0.05) is 6.92 Å². The minimum absolute atomic E-state index is 0.292. The van der Waals surface area contributed by atoms with Gasteiger partial charge in [0.05, 0.1) is 0 Å². The van der Waals surface area contributed by atoms with E-state index < -0.39 is 12.0 Å². The second kappa shape index (κ2) is 4.51. The molecule has 0 bridgehead atoms. The van der Waals surface area contributed by atoms with E-state index in [1.807, 2.05) is 0 Å². The average Bonchev–Trinajstić information content (AvgIpc) is 1.99. The molecule has 0 amide bonds. The van der Waals surface area contributed by atoms with E-state index in [-0.39, 0.29) is 5.96 Å². The Labute approximate surface area is 63.7 Å². The molecular weight excluding hydrogens is 150 g/mol. The van der Waals surface area contributed by atoms with Crippen molar-refractivity contribution >= 4 is 11.9 Å². The van der Waals surface area contributed by atoms with Crippen LogP contribution in [0.3, 0.4) is 0 Å². The van der Waals surface area contributed by atoms with Crippen LogP contribution in [0.5, 0.6) is 0 Å². The fraction of sp³-hybridized carbons (Fsp3) is 0.600. The van der Waals surface area contributed by atoms with E-state index in [4.69, 9.17) is 16.0 Å². The average molecular weight is 161 g/mol. The molecule has 0 aromatic rings. The molecule has 0 aliphatic carbocycles. The van der Waals surface area contributed by atoms with E-state index in [0.717, 1.165) is 0 Å². The number of aliphatic imine (C=N–C) groups is 1. The normalized spacial score (nSPS) is 14.2. The van der Waals surface area contributed by atoms with Gasteiger partial charge in [0.2, 0.25) is 5.96 Å². The smallest absolute Gasteiger partial charge is 0.328 e. The van der Waals surface area contributed by atoms with Crippen molar-refractivity contribution in [2.24, 2.45) is 10.7 Å². The van der Waals surface area contributed by atoms with Gasteiger partial charge < -0.3 is 10.8 Å². The number of guanidine groups is 1. The van der Waals surface area contributed by atoms with Crippen molar-refractivity contribution in [2.75, 3.05) is 0 Å². The zero-order chi connectivity index (χ0) is 8.85. The molecule has 6 nitrogen and oxygen atoms in total. The molecule has 5 N–H and O–H groups in total. The predicted octanol–water partition coefficient (Wildman–Crippen LogP) is -0.857. The predicted molar refractivity (Wildman–Crippen MR) is 38.3 cm³/mol. The summed E-state index contributed by atoms with van der Waals surface area (Å²) in [5.74, 6) is -1.36. The number of hydrogen-bond acceptors (Lipinski definition) is 3. The Morgan fingerprint density at radius 1 is 1.82 bits per heavy atom. The molecule has 0 fully saturated rings. The summed E-state index contributed by atoms with van der Waals surface area (Å²) in [6, 6.07) is -0.894. The molecule has 0 aliphatic heterocycles. The van der Waals surface area contributed by atoms with E-state index in [9.17, 15) is 4.79 Å². The van der Waals surface area contributed by atoms with Gasteiger partial charge in [-0.25, -0.2) is 15.3 Å². The molecule has 0 radical (unpaired) electrons. The largest absolute Gasteiger partial charge is 0.480 e. The molecule has 64 valence electrons. The van der Waals surface area contributed by atoms with E-state index >= 15 is 0 Å². The zero-order valence-corrected chi connectivity index (χ0v) is 6.11. The fourth-order valence-electron chi connectivity index (χ4n) is 0.518.